The molecule has 0 spiro atoms. The molecule has 1 aromatic carbocycles. The van der Waals surface area contributed by atoms with Crippen LogP contribution in [0.4, 0.5) is 0 Å². The average Bonchev–Trinajstić information content (AvgIpc) is 2.15. The maximum Gasteiger partial charge on any atom is 0.335 e. The molecule has 0 aromatic heterocycles. The quantitative estimate of drug-likeness (QED) is 0.822. The molecule has 88 valence electrons. The van der Waals surface area contributed by atoms with Crippen LogP contribution in [0.25, 0.3) is 0 Å². The number of aromatic carboxylic acids is 1. The fraction of sp³-hybridized carbons (Fsp3) is 0.364. The summed E-state index contributed by atoms with van der Waals surface area (Å²) in [5, 5.41) is 8.89. The summed E-state index contributed by atoms with van der Waals surface area (Å²) in [6.07, 6.45) is 0. The van der Waals surface area contributed by atoms with Gasteiger partial charge in [0, 0.05) is 0 Å². The lowest BCUT2D eigenvalue weighted by atomic mass is 10.2. The minimum Gasteiger partial charge on any atom is -0.542 e. The third kappa shape index (κ3) is 3.27. The van der Waals surface area contributed by atoms with Gasteiger partial charge < -0.3 is 14.3 Å². The zero-order chi connectivity index (χ0) is 12.3. The van der Waals surface area contributed by atoms with Crippen molar-refractivity contribution in [2.45, 2.75) is 19.6 Å². The number of benzene rings is 1. The Hall–Kier alpha value is -1.49. The van der Waals surface area contributed by atoms with Crippen molar-refractivity contribution < 1.29 is 19.1 Å². The van der Waals surface area contributed by atoms with Crippen molar-refractivity contribution in [1.82, 2.24) is 0 Å². The van der Waals surface area contributed by atoms with Crippen molar-refractivity contribution >= 4 is 14.3 Å². The first kappa shape index (κ1) is 12.6. The van der Waals surface area contributed by atoms with Gasteiger partial charge in [-0.2, -0.15) is 0 Å². The van der Waals surface area contributed by atoms with E-state index in [-0.39, 0.29) is 5.56 Å². The van der Waals surface area contributed by atoms with Crippen LogP contribution in [0, 0.1) is 0 Å². The third-order valence-electron chi connectivity index (χ3n) is 1.83. The van der Waals surface area contributed by atoms with E-state index in [0.29, 0.717) is 11.5 Å². The highest BCUT2D eigenvalue weighted by molar-refractivity contribution is 6.70. The lowest BCUT2D eigenvalue weighted by Gasteiger charge is -2.21. The summed E-state index contributed by atoms with van der Waals surface area (Å²) in [5.41, 5.74) is 0.203. The van der Waals surface area contributed by atoms with Crippen LogP contribution in [-0.4, -0.2) is 26.5 Å². The zero-order valence-electron chi connectivity index (χ0n) is 9.90. The van der Waals surface area contributed by atoms with E-state index in [9.17, 15) is 4.79 Å². The molecular weight excluding hydrogens is 224 g/mol. The Morgan fingerprint density at radius 1 is 1.25 bits per heavy atom. The highest BCUT2D eigenvalue weighted by atomic mass is 28.4. The summed E-state index contributed by atoms with van der Waals surface area (Å²) >= 11 is 0. The van der Waals surface area contributed by atoms with Crippen molar-refractivity contribution in [3.8, 4) is 11.5 Å². The van der Waals surface area contributed by atoms with Gasteiger partial charge in [-0.05, 0) is 37.8 Å². The Labute approximate surface area is 95.9 Å². The molecule has 1 N–H and O–H groups in total. The molecule has 0 aliphatic carbocycles. The predicted molar refractivity (Wildman–Crippen MR) is 63.9 cm³/mol. The van der Waals surface area contributed by atoms with E-state index >= 15 is 0 Å². The molecule has 0 amide bonds. The highest BCUT2D eigenvalue weighted by Gasteiger charge is 2.19. The van der Waals surface area contributed by atoms with E-state index in [1.54, 1.807) is 6.07 Å². The molecule has 0 aliphatic rings. The number of rotatable bonds is 4. The topological polar surface area (TPSA) is 55.8 Å². The van der Waals surface area contributed by atoms with Gasteiger partial charge in [0.1, 0.15) is 5.75 Å². The molecular formula is C11H16O4Si. The van der Waals surface area contributed by atoms with Crippen LogP contribution >= 0.6 is 0 Å². The molecule has 0 unspecified atom stereocenters. The zero-order valence-corrected chi connectivity index (χ0v) is 10.9. The van der Waals surface area contributed by atoms with Gasteiger partial charge in [-0.25, -0.2) is 4.79 Å². The molecule has 5 heteroatoms. The second-order valence-electron chi connectivity index (χ2n) is 4.39. The number of hydrogen-bond donors (Lipinski definition) is 1. The molecule has 0 saturated heterocycles. The molecule has 4 nitrogen and oxygen atoms in total. The fourth-order valence-electron chi connectivity index (χ4n) is 1.22. The van der Waals surface area contributed by atoms with Gasteiger partial charge in [0.15, 0.2) is 5.75 Å². The van der Waals surface area contributed by atoms with Gasteiger partial charge in [-0.1, -0.05) is 0 Å². The van der Waals surface area contributed by atoms with E-state index in [1.165, 1.54) is 19.2 Å². The van der Waals surface area contributed by atoms with Gasteiger partial charge in [-0.3, -0.25) is 0 Å². The largest absolute Gasteiger partial charge is 0.542 e. The molecule has 16 heavy (non-hydrogen) atoms. The lowest BCUT2D eigenvalue weighted by Crippen LogP contribution is -2.29. The van der Waals surface area contributed by atoms with Gasteiger partial charge in [0.05, 0.1) is 12.7 Å². The molecule has 0 bridgehead atoms. The smallest absolute Gasteiger partial charge is 0.335 e. The molecule has 0 atom stereocenters. The van der Waals surface area contributed by atoms with Crippen LogP contribution < -0.4 is 9.16 Å². The Balaban J connectivity index is 3.12. The van der Waals surface area contributed by atoms with E-state index in [2.05, 4.69) is 0 Å². The molecule has 0 saturated carbocycles. The Bertz CT molecular complexity index is 395. The monoisotopic (exact) mass is 240 g/mol. The first-order valence-corrected chi connectivity index (χ1v) is 8.34. The van der Waals surface area contributed by atoms with Crippen LogP contribution in [0.2, 0.25) is 19.6 Å². The number of hydrogen-bond acceptors (Lipinski definition) is 3. The van der Waals surface area contributed by atoms with Crippen molar-refractivity contribution in [3.05, 3.63) is 23.8 Å². The van der Waals surface area contributed by atoms with Gasteiger partial charge >= 0.3 is 5.97 Å². The average molecular weight is 240 g/mol. The van der Waals surface area contributed by atoms with Crippen LogP contribution in [0.5, 0.6) is 11.5 Å². The number of carboxylic acid groups (broad SMARTS) is 1. The summed E-state index contributed by atoms with van der Waals surface area (Å²) in [5.74, 6) is 0.0945. The van der Waals surface area contributed by atoms with E-state index in [0.717, 1.165) is 0 Å². The Kier molecular flexibility index (Phi) is 3.59. The summed E-state index contributed by atoms with van der Waals surface area (Å²) < 4.78 is 10.9. The van der Waals surface area contributed by atoms with E-state index in [4.69, 9.17) is 14.3 Å². The van der Waals surface area contributed by atoms with E-state index < -0.39 is 14.3 Å². The second-order valence-corrected chi connectivity index (χ2v) is 8.81. The fourth-order valence-corrected chi connectivity index (χ4v) is 2.04. The van der Waals surface area contributed by atoms with Crippen molar-refractivity contribution in [3.63, 3.8) is 0 Å². The SMILES string of the molecule is COc1ccc(C(=O)O)cc1O[Si](C)(C)C. The van der Waals surface area contributed by atoms with Gasteiger partial charge in [-0.15, -0.1) is 0 Å². The maximum absolute atomic E-state index is 10.8. The summed E-state index contributed by atoms with van der Waals surface area (Å²) in [7, 11) is -0.242. The highest BCUT2D eigenvalue weighted by Crippen LogP contribution is 2.30. The minimum absolute atomic E-state index is 0.203. The van der Waals surface area contributed by atoms with Crippen LogP contribution in [0.3, 0.4) is 0 Å². The normalized spacial score (nSPS) is 11.0. The Morgan fingerprint density at radius 3 is 2.31 bits per heavy atom. The van der Waals surface area contributed by atoms with Crippen LogP contribution in [0.1, 0.15) is 10.4 Å². The van der Waals surface area contributed by atoms with Gasteiger partial charge in [0.25, 0.3) is 0 Å². The number of carbonyl (C=O) groups is 1. The molecule has 0 radical (unpaired) electrons. The van der Waals surface area contributed by atoms with Crippen molar-refractivity contribution in [2.24, 2.45) is 0 Å². The Morgan fingerprint density at radius 2 is 1.88 bits per heavy atom. The first-order valence-electron chi connectivity index (χ1n) is 4.94. The third-order valence-corrected chi connectivity index (χ3v) is 2.66. The summed E-state index contributed by atoms with van der Waals surface area (Å²) in [4.78, 5) is 10.8. The summed E-state index contributed by atoms with van der Waals surface area (Å²) in [6.45, 7) is 6.08. The second kappa shape index (κ2) is 4.57. The maximum atomic E-state index is 10.8. The number of methoxy groups -OCH3 is 1. The van der Waals surface area contributed by atoms with Crippen molar-refractivity contribution in [2.75, 3.05) is 7.11 Å². The first-order chi connectivity index (χ1) is 7.33. The molecule has 1 rings (SSSR count). The molecule has 1 aromatic rings. The minimum atomic E-state index is -1.78. The number of carboxylic acids is 1. The molecule has 0 fully saturated rings. The van der Waals surface area contributed by atoms with Crippen LogP contribution in [0.15, 0.2) is 18.2 Å². The molecule has 0 heterocycles. The predicted octanol–water partition coefficient (Wildman–Crippen LogP) is 2.61. The molecule has 0 aliphatic heterocycles. The van der Waals surface area contributed by atoms with Crippen LogP contribution in [-0.2, 0) is 0 Å². The van der Waals surface area contributed by atoms with E-state index in [1.807, 2.05) is 19.6 Å². The summed E-state index contributed by atoms with van der Waals surface area (Å²) in [6, 6.07) is 4.61. The van der Waals surface area contributed by atoms with Crippen molar-refractivity contribution in [1.29, 1.82) is 0 Å². The van der Waals surface area contributed by atoms with Gasteiger partial charge in [0.2, 0.25) is 8.32 Å². The lowest BCUT2D eigenvalue weighted by molar-refractivity contribution is 0.0696. The standard InChI is InChI=1S/C11H16O4Si/c1-14-9-6-5-8(11(12)13)7-10(9)15-16(2,3)4/h5-7H,1-4H3,(H,12,13). The number of ether oxygens (including phenoxy) is 1.